The van der Waals surface area contributed by atoms with Crippen LogP contribution < -0.4 is 15.4 Å². The van der Waals surface area contributed by atoms with Gasteiger partial charge in [0, 0.05) is 23.7 Å². The average molecular weight is 555 g/mol. The number of hydrogen-bond donors (Lipinski definition) is 2. The fourth-order valence-electron chi connectivity index (χ4n) is 3.85. The van der Waals surface area contributed by atoms with Gasteiger partial charge in [-0.3, -0.25) is 9.10 Å². The van der Waals surface area contributed by atoms with E-state index in [9.17, 15) is 13.2 Å². The van der Waals surface area contributed by atoms with Crippen molar-refractivity contribution in [2.24, 2.45) is 5.73 Å². The molecule has 2 heterocycles. The number of carbonyl (C=O) groups excluding carboxylic acids is 1. The maximum atomic E-state index is 13.0. The number of nitrogens with one attached hydrogen (secondary N) is 1. The second-order valence-electron chi connectivity index (χ2n) is 9.44. The molecule has 1 unspecified atom stereocenters. The highest BCUT2D eigenvalue weighted by atomic mass is 32.2. The Kier molecular flexibility index (Phi) is 7.95. The lowest BCUT2D eigenvalue weighted by Crippen LogP contribution is -2.35. The number of sulfonamides is 1. The summed E-state index contributed by atoms with van der Waals surface area (Å²) in [5.41, 5.74) is 8.82. The summed E-state index contributed by atoms with van der Waals surface area (Å²) in [4.78, 5) is 17.3. The Bertz CT molecular complexity index is 1530. The Hall–Kier alpha value is -3.61. The van der Waals surface area contributed by atoms with E-state index in [-0.39, 0.29) is 24.8 Å². The number of nitrogens with zero attached hydrogens (tertiary/aromatic N) is 4. The van der Waals surface area contributed by atoms with Gasteiger partial charge < -0.3 is 15.5 Å². The molecule has 0 bridgehead atoms. The highest BCUT2D eigenvalue weighted by Crippen LogP contribution is 2.25. The van der Waals surface area contributed by atoms with Gasteiger partial charge in [-0.1, -0.05) is 30.3 Å². The van der Waals surface area contributed by atoms with E-state index < -0.39 is 15.6 Å². The van der Waals surface area contributed by atoms with E-state index in [1.165, 1.54) is 24.5 Å². The van der Waals surface area contributed by atoms with Crippen LogP contribution in [0.15, 0.2) is 58.3 Å². The van der Waals surface area contributed by atoms with Crippen molar-refractivity contribution in [2.45, 2.75) is 38.8 Å². The van der Waals surface area contributed by atoms with Crippen molar-refractivity contribution in [1.29, 1.82) is 0 Å². The van der Waals surface area contributed by atoms with Crippen molar-refractivity contribution in [2.75, 3.05) is 17.6 Å². The van der Waals surface area contributed by atoms with E-state index in [2.05, 4.69) is 20.5 Å². The Morgan fingerprint density at radius 1 is 1.16 bits per heavy atom. The summed E-state index contributed by atoms with van der Waals surface area (Å²) in [5, 5.41) is 13.9. The van der Waals surface area contributed by atoms with Gasteiger partial charge in [-0.15, -0.1) is 21.5 Å². The first-order valence-electron chi connectivity index (χ1n) is 11.8. The molecule has 0 aliphatic rings. The second kappa shape index (κ2) is 11.0. The van der Waals surface area contributed by atoms with Crippen molar-refractivity contribution in [1.82, 2.24) is 20.5 Å². The Morgan fingerprint density at radius 3 is 2.55 bits per heavy atom. The molecule has 2 aromatic heterocycles. The van der Waals surface area contributed by atoms with Crippen LogP contribution in [-0.2, 0) is 34.9 Å². The quantitative estimate of drug-likeness (QED) is 0.304. The minimum atomic E-state index is -3.56. The van der Waals surface area contributed by atoms with Crippen LogP contribution in [0, 0.1) is 6.92 Å². The molecule has 0 aliphatic carbocycles. The summed E-state index contributed by atoms with van der Waals surface area (Å²) in [6, 6.07) is 14.7. The van der Waals surface area contributed by atoms with Gasteiger partial charge in [0.2, 0.25) is 21.8 Å². The number of nitrogens with two attached hydrogens (primary N) is 1. The molecule has 0 aliphatic heterocycles. The van der Waals surface area contributed by atoms with Crippen LogP contribution in [0.5, 0.6) is 0 Å². The first-order valence-corrected chi connectivity index (χ1v) is 14.6. The minimum Gasteiger partial charge on any atom is -0.423 e. The number of rotatable bonds is 10. The fourth-order valence-corrected chi connectivity index (χ4v) is 5.05. The number of anilines is 1. The van der Waals surface area contributed by atoms with Crippen molar-refractivity contribution >= 4 is 33.0 Å². The molecule has 0 saturated heterocycles. The molecule has 12 heteroatoms. The van der Waals surface area contributed by atoms with Gasteiger partial charge in [0.1, 0.15) is 5.01 Å². The van der Waals surface area contributed by atoms with Gasteiger partial charge in [-0.05, 0) is 49.6 Å². The number of amides is 1. The van der Waals surface area contributed by atoms with Crippen LogP contribution in [-0.4, -0.2) is 42.8 Å². The number of aryl methyl sites for hydroxylation is 1. The predicted molar refractivity (Wildman–Crippen MR) is 146 cm³/mol. The molecule has 38 heavy (non-hydrogen) atoms. The first-order chi connectivity index (χ1) is 17.9. The molecule has 4 rings (SSSR count). The SMILES string of the molecule is Cc1csc(CNC(=O)c2cc(Cc3nnc(C(C)(N)Cc4ccccc4)o3)cc(N(C)S(C)(=O)=O)c2)n1. The maximum absolute atomic E-state index is 13.0. The van der Waals surface area contributed by atoms with Crippen molar-refractivity contribution in [3.63, 3.8) is 0 Å². The molecule has 200 valence electrons. The maximum Gasteiger partial charge on any atom is 0.251 e. The molecule has 1 atom stereocenters. The zero-order valence-electron chi connectivity index (χ0n) is 21.6. The van der Waals surface area contributed by atoms with Crippen LogP contribution in [0.2, 0.25) is 0 Å². The lowest BCUT2D eigenvalue weighted by molar-refractivity contribution is 0.0950. The topological polar surface area (TPSA) is 144 Å². The molecule has 0 radical (unpaired) electrons. The standard InChI is InChI=1S/C26H30N6O4S2/c1-17-16-37-23(29-17)15-28-24(33)20-10-19(11-21(13-20)32(3)38(4,34)35)12-22-30-31-25(36-22)26(2,27)14-18-8-6-5-7-9-18/h5-11,13,16H,12,14-15,27H2,1-4H3,(H,28,33). The van der Waals surface area contributed by atoms with Gasteiger partial charge in [0.15, 0.2) is 0 Å². The van der Waals surface area contributed by atoms with Crippen molar-refractivity contribution in [3.05, 3.63) is 93.1 Å². The van der Waals surface area contributed by atoms with Crippen LogP contribution >= 0.6 is 11.3 Å². The van der Waals surface area contributed by atoms with E-state index in [4.69, 9.17) is 10.2 Å². The molecule has 2 aromatic carbocycles. The van der Waals surface area contributed by atoms with Crippen LogP contribution in [0.25, 0.3) is 0 Å². The number of thiazole rings is 1. The summed E-state index contributed by atoms with van der Waals surface area (Å²) in [5.74, 6) is 0.234. The third-order valence-corrected chi connectivity index (χ3v) is 8.06. The average Bonchev–Trinajstić information content (AvgIpc) is 3.51. The molecule has 0 fully saturated rings. The number of hydrogen-bond acceptors (Lipinski definition) is 9. The zero-order valence-corrected chi connectivity index (χ0v) is 23.3. The predicted octanol–water partition coefficient (Wildman–Crippen LogP) is 3.17. The summed E-state index contributed by atoms with van der Waals surface area (Å²) in [7, 11) is -2.13. The van der Waals surface area contributed by atoms with Gasteiger partial charge in [0.25, 0.3) is 5.91 Å². The molecular formula is C26H30N6O4S2. The van der Waals surface area contributed by atoms with E-state index in [0.717, 1.165) is 26.8 Å². The zero-order chi connectivity index (χ0) is 27.5. The molecule has 3 N–H and O–H groups in total. The lowest BCUT2D eigenvalue weighted by atomic mass is 9.94. The minimum absolute atomic E-state index is 0.186. The van der Waals surface area contributed by atoms with Crippen LogP contribution in [0.4, 0.5) is 5.69 Å². The number of aromatic nitrogens is 3. The number of benzene rings is 2. The van der Waals surface area contributed by atoms with Crippen LogP contribution in [0.1, 0.15) is 50.9 Å². The highest BCUT2D eigenvalue weighted by molar-refractivity contribution is 7.92. The Morgan fingerprint density at radius 2 is 1.89 bits per heavy atom. The van der Waals surface area contributed by atoms with Gasteiger partial charge >= 0.3 is 0 Å². The van der Waals surface area contributed by atoms with Gasteiger partial charge in [-0.2, -0.15) is 0 Å². The van der Waals surface area contributed by atoms with Crippen molar-refractivity contribution in [3.8, 4) is 0 Å². The number of carbonyl (C=O) groups is 1. The molecule has 1 amide bonds. The molecule has 4 aromatic rings. The summed E-state index contributed by atoms with van der Waals surface area (Å²) in [6.45, 7) is 3.98. The fraction of sp³-hybridized carbons (Fsp3) is 0.308. The Labute approximate surface area is 226 Å². The summed E-state index contributed by atoms with van der Waals surface area (Å²) < 4.78 is 31.5. The Balaban J connectivity index is 1.57. The molecule has 10 nitrogen and oxygen atoms in total. The lowest BCUT2D eigenvalue weighted by Gasteiger charge is -2.20. The second-order valence-corrected chi connectivity index (χ2v) is 12.4. The molecule has 0 saturated carbocycles. The van der Waals surface area contributed by atoms with Crippen LogP contribution in [0.3, 0.4) is 0 Å². The van der Waals surface area contributed by atoms with E-state index in [1.807, 2.05) is 49.6 Å². The third kappa shape index (κ3) is 6.82. The normalized spacial score (nSPS) is 13.2. The monoisotopic (exact) mass is 554 g/mol. The van der Waals surface area contributed by atoms with Gasteiger partial charge in [0.05, 0.1) is 30.4 Å². The van der Waals surface area contributed by atoms with E-state index in [0.29, 0.717) is 29.1 Å². The third-order valence-electron chi connectivity index (χ3n) is 5.89. The molecular weight excluding hydrogens is 524 g/mol. The smallest absolute Gasteiger partial charge is 0.251 e. The summed E-state index contributed by atoms with van der Waals surface area (Å²) in [6.07, 6.45) is 1.79. The van der Waals surface area contributed by atoms with E-state index in [1.54, 1.807) is 12.1 Å². The highest BCUT2D eigenvalue weighted by Gasteiger charge is 2.28. The first kappa shape index (κ1) is 27.4. The largest absolute Gasteiger partial charge is 0.423 e. The summed E-state index contributed by atoms with van der Waals surface area (Å²) >= 11 is 1.46. The van der Waals surface area contributed by atoms with Crippen molar-refractivity contribution < 1.29 is 17.6 Å². The molecule has 0 spiro atoms. The van der Waals surface area contributed by atoms with Gasteiger partial charge in [-0.25, -0.2) is 13.4 Å². The van der Waals surface area contributed by atoms with E-state index >= 15 is 0 Å².